The number of ether oxygens (including phenoxy) is 2. The van der Waals surface area contributed by atoms with Gasteiger partial charge in [-0.05, 0) is 42.0 Å². The molecule has 0 radical (unpaired) electrons. The van der Waals surface area contributed by atoms with Crippen LogP contribution >= 0.6 is 0 Å². The minimum Gasteiger partial charge on any atom is -0.497 e. The van der Waals surface area contributed by atoms with Crippen LogP contribution in [0.25, 0.3) is 0 Å². The summed E-state index contributed by atoms with van der Waals surface area (Å²) in [5.74, 6) is 0.0223. The van der Waals surface area contributed by atoms with Gasteiger partial charge in [0, 0.05) is 30.0 Å². The van der Waals surface area contributed by atoms with Crippen molar-refractivity contribution in [2.45, 2.75) is 77.5 Å². The number of benzene rings is 2. The van der Waals surface area contributed by atoms with E-state index in [1.807, 2.05) is 48.5 Å². The summed E-state index contributed by atoms with van der Waals surface area (Å²) < 4.78 is 11.1. The molecule has 206 valence electrons. The van der Waals surface area contributed by atoms with Crippen molar-refractivity contribution < 1.29 is 24.2 Å². The highest BCUT2D eigenvalue weighted by atomic mass is 16.5. The van der Waals surface area contributed by atoms with Gasteiger partial charge in [-0.2, -0.15) is 0 Å². The first-order valence-electron chi connectivity index (χ1n) is 13.7. The molecule has 2 aromatic rings. The van der Waals surface area contributed by atoms with Gasteiger partial charge in [-0.15, -0.1) is 0 Å². The minimum absolute atomic E-state index is 0.0246. The molecular formula is C31H42N2O5. The Morgan fingerprint density at radius 1 is 1.00 bits per heavy atom. The number of nitrogens with zero attached hydrogens (tertiary/aromatic N) is 1. The number of amides is 1. The van der Waals surface area contributed by atoms with Crippen molar-refractivity contribution in [3.8, 4) is 11.5 Å². The third-order valence-electron chi connectivity index (χ3n) is 8.29. The summed E-state index contributed by atoms with van der Waals surface area (Å²) in [6.07, 6.45) is 4.80. The SMILES string of the molecule is COc1ccc(OC)c(CN[C@@H]2[C@@H](C(C)(C)C)[C@H](C(=O)O)N(C(=O)C3CCCCC3)[C@@H]2c2ccccc2)c1. The first-order chi connectivity index (χ1) is 18.2. The van der Waals surface area contributed by atoms with Gasteiger partial charge in [0.15, 0.2) is 0 Å². The molecule has 0 bridgehead atoms. The highest BCUT2D eigenvalue weighted by Crippen LogP contribution is 2.49. The summed E-state index contributed by atoms with van der Waals surface area (Å²) >= 11 is 0. The molecule has 1 saturated heterocycles. The first-order valence-corrected chi connectivity index (χ1v) is 13.7. The Bertz CT molecular complexity index is 1110. The third-order valence-corrected chi connectivity index (χ3v) is 8.29. The molecule has 1 amide bonds. The van der Waals surface area contributed by atoms with E-state index in [0.717, 1.165) is 54.7 Å². The number of aliphatic carboxylic acids is 1. The first kappa shape index (κ1) is 28.0. The lowest BCUT2D eigenvalue weighted by Crippen LogP contribution is -2.49. The van der Waals surface area contributed by atoms with E-state index in [1.54, 1.807) is 19.1 Å². The smallest absolute Gasteiger partial charge is 0.326 e. The molecule has 0 aromatic heterocycles. The summed E-state index contributed by atoms with van der Waals surface area (Å²) in [6, 6.07) is 13.9. The average Bonchev–Trinajstić information content (AvgIpc) is 3.28. The Morgan fingerprint density at radius 2 is 1.68 bits per heavy atom. The quantitative estimate of drug-likeness (QED) is 0.480. The number of nitrogens with one attached hydrogen (secondary N) is 1. The highest BCUT2D eigenvalue weighted by Gasteiger charge is 2.58. The van der Waals surface area contributed by atoms with Crippen LogP contribution < -0.4 is 14.8 Å². The molecule has 0 unspecified atom stereocenters. The van der Waals surface area contributed by atoms with E-state index in [1.165, 1.54) is 0 Å². The number of hydrogen-bond donors (Lipinski definition) is 2. The van der Waals surface area contributed by atoms with Crippen molar-refractivity contribution in [1.82, 2.24) is 10.2 Å². The van der Waals surface area contributed by atoms with Gasteiger partial charge in [0.05, 0.1) is 20.3 Å². The van der Waals surface area contributed by atoms with Gasteiger partial charge in [0.25, 0.3) is 0 Å². The number of carboxylic acid groups (broad SMARTS) is 1. The van der Waals surface area contributed by atoms with Crippen LogP contribution in [0.2, 0.25) is 0 Å². The number of methoxy groups -OCH3 is 2. The third kappa shape index (κ3) is 5.68. The largest absolute Gasteiger partial charge is 0.497 e. The fraction of sp³-hybridized carbons (Fsp3) is 0.548. The number of carboxylic acids is 1. The summed E-state index contributed by atoms with van der Waals surface area (Å²) in [5, 5.41) is 14.3. The van der Waals surface area contributed by atoms with Crippen molar-refractivity contribution in [3.63, 3.8) is 0 Å². The average molecular weight is 523 g/mol. The van der Waals surface area contributed by atoms with Crippen LogP contribution in [0.3, 0.4) is 0 Å². The van der Waals surface area contributed by atoms with Crippen molar-refractivity contribution >= 4 is 11.9 Å². The number of likely N-dealkylation sites (tertiary alicyclic amines) is 1. The van der Waals surface area contributed by atoms with Crippen LogP contribution in [0.5, 0.6) is 11.5 Å². The molecule has 2 fully saturated rings. The predicted molar refractivity (Wildman–Crippen MR) is 147 cm³/mol. The molecule has 2 aliphatic rings. The maximum Gasteiger partial charge on any atom is 0.326 e. The van der Waals surface area contributed by atoms with Crippen LogP contribution in [0.1, 0.15) is 70.0 Å². The zero-order valence-electron chi connectivity index (χ0n) is 23.3. The normalized spacial score (nSPS) is 24.3. The van der Waals surface area contributed by atoms with Crippen molar-refractivity contribution in [1.29, 1.82) is 0 Å². The number of carbonyl (C=O) groups excluding carboxylic acids is 1. The molecular weight excluding hydrogens is 480 g/mol. The van der Waals surface area contributed by atoms with Gasteiger partial charge in [-0.1, -0.05) is 70.4 Å². The van der Waals surface area contributed by atoms with Crippen molar-refractivity contribution in [2.75, 3.05) is 14.2 Å². The van der Waals surface area contributed by atoms with E-state index in [-0.39, 0.29) is 29.2 Å². The van der Waals surface area contributed by atoms with E-state index in [2.05, 4.69) is 26.1 Å². The zero-order chi connectivity index (χ0) is 27.4. The zero-order valence-corrected chi connectivity index (χ0v) is 23.3. The lowest BCUT2D eigenvalue weighted by molar-refractivity contribution is -0.154. The van der Waals surface area contributed by atoms with Gasteiger partial charge >= 0.3 is 5.97 Å². The van der Waals surface area contributed by atoms with Gasteiger partial charge in [-0.25, -0.2) is 4.79 Å². The number of rotatable bonds is 8. The summed E-state index contributed by atoms with van der Waals surface area (Å²) in [6.45, 7) is 6.67. The van der Waals surface area contributed by atoms with Crippen molar-refractivity contribution in [2.24, 2.45) is 17.3 Å². The molecule has 38 heavy (non-hydrogen) atoms. The Balaban J connectivity index is 1.80. The fourth-order valence-corrected chi connectivity index (χ4v) is 6.54. The number of carbonyl (C=O) groups is 2. The molecule has 1 aliphatic heterocycles. The lowest BCUT2D eigenvalue weighted by atomic mass is 9.72. The van der Waals surface area contributed by atoms with Crippen molar-refractivity contribution in [3.05, 3.63) is 59.7 Å². The molecule has 1 saturated carbocycles. The lowest BCUT2D eigenvalue weighted by Gasteiger charge is -2.36. The second-order valence-corrected chi connectivity index (χ2v) is 11.7. The Labute approximate surface area is 226 Å². The molecule has 2 N–H and O–H groups in total. The van der Waals surface area contributed by atoms with Crippen LogP contribution in [-0.2, 0) is 16.1 Å². The topological polar surface area (TPSA) is 88.1 Å². The van der Waals surface area contributed by atoms with Crippen LogP contribution in [0.15, 0.2) is 48.5 Å². The molecule has 7 nitrogen and oxygen atoms in total. The van der Waals surface area contributed by atoms with Gasteiger partial charge in [0.2, 0.25) is 5.91 Å². The molecule has 7 heteroatoms. The predicted octanol–water partition coefficient (Wildman–Crippen LogP) is 5.44. The number of hydrogen-bond acceptors (Lipinski definition) is 5. The molecule has 1 heterocycles. The molecule has 1 aliphatic carbocycles. The van der Waals surface area contributed by atoms with E-state index in [0.29, 0.717) is 6.54 Å². The fourth-order valence-electron chi connectivity index (χ4n) is 6.54. The molecule has 0 spiro atoms. The van der Waals surface area contributed by atoms with Crippen LogP contribution in [0, 0.1) is 17.3 Å². The summed E-state index contributed by atoms with van der Waals surface area (Å²) in [7, 11) is 3.26. The van der Waals surface area contributed by atoms with Crippen LogP contribution in [0.4, 0.5) is 0 Å². The second kappa shape index (κ2) is 11.8. The van der Waals surface area contributed by atoms with Crippen LogP contribution in [-0.4, -0.2) is 48.2 Å². The second-order valence-electron chi connectivity index (χ2n) is 11.7. The van der Waals surface area contributed by atoms with Gasteiger partial charge in [-0.3, -0.25) is 4.79 Å². The molecule has 4 atom stereocenters. The summed E-state index contributed by atoms with van der Waals surface area (Å²) in [5.41, 5.74) is 1.48. The maximum absolute atomic E-state index is 14.2. The monoisotopic (exact) mass is 522 g/mol. The van der Waals surface area contributed by atoms with E-state index >= 15 is 0 Å². The van der Waals surface area contributed by atoms with E-state index < -0.39 is 18.1 Å². The van der Waals surface area contributed by atoms with Gasteiger partial charge < -0.3 is 24.8 Å². The van der Waals surface area contributed by atoms with E-state index in [4.69, 9.17) is 9.47 Å². The Hall–Kier alpha value is -3.06. The Kier molecular flexibility index (Phi) is 8.66. The minimum atomic E-state index is -0.946. The van der Waals surface area contributed by atoms with E-state index in [9.17, 15) is 14.7 Å². The summed E-state index contributed by atoms with van der Waals surface area (Å²) in [4.78, 5) is 28.9. The molecule has 2 aromatic carbocycles. The highest BCUT2D eigenvalue weighted by molar-refractivity contribution is 5.87. The Morgan fingerprint density at radius 3 is 2.26 bits per heavy atom. The maximum atomic E-state index is 14.2. The standard InChI is InChI=1S/C31H42N2O5/c1-31(2,3)25-26(32-19-22-18-23(37-4)16-17-24(22)38-5)27(20-12-8-6-9-13-20)33(28(25)30(35)36)29(34)21-14-10-7-11-15-21/h6,8-9,12-13,16-18,21,25-28,32H,7,10-11,14-15,19H2,1-5H3,(H,35,36)/t25-,26-,27-,28-/m1/s1. The van der Waals surface area contributed by atoms with Gasteiger partial charge in [0.1, 0.15) is 17.5 Å². The molecule has 4 rings (SSSR count).